The maximum Gasteiger partial charge on any atom is 0.268 e. The summed E-state index contributed by atoms with van der Waals surface area (Å²) in [6.45, 7) is 1.84. The molecule has 0 aliphatic carbocycles. The van der Waals surface area contributed by atoms with Gasteiger partial charge in [-0.25, -0.2) is 0 Å². The number of carbonyl (C=O) groups is 1. The Kier molecular flexibility index (Phi) is 3.53. The zero-order chi connectivity index (χ0) is 10.6. The van der Waals surface area contributed by atoms with Gasteiger partial charge in [0.1, 0.15) is 5.69 Å². The summed E-state index contributed by atoms with van der Waals surface area (Å²) in [4.78, 5) is 14.2. The SMILES string of the molecule is CCC(CO)NC(=O)c1cc(N)c[nH]1. The van der Waals surface area contributed by atoms with Crippen molar-refractivity contribution in [3.8, 4) is 0 Å². The number of aliphatic hydroxyl groups is 1. The van der Waals surface area contributed by atoms with Crippen molar-refractivity contribution in [1.82, 2.24) is 10.3 Å². The third-order valence-corrected chi connectivity index (χ3v) is 2.00. The molecule has 14 heavy (non-hydrogen) atoms. The first kappa shape index (κ1) is 10.6. The molecular weight excluding hydrogens is 182 g/mol. The van der Waals surface area contributed by atoms with Crippen LogP contribution >= 0.6 is 0 Å². The molecule has 5 N–H and O–H groups in total. The van der Waals surface area contributed by atoms with Gasteiger partial charge in [-0.05, 0) is 12.5 Å². The minimum Gasteiger partial charge on any atom is -0.397 e. The molecule has 1 heterocycles. The molecule has 0 saturated heterocycles. The summed E-state index contributed by atoms with van der Waals surface area (Å²) in [5, 5.41) is 11.5. The van der Waals surface area contributed by atoms with Crippen molar-refractivity contribution in [3.63, 3.8) is 0 Å². The molecule has 0 spiro atoms. The smallest absolute Gasteiger partial charge is 0.268 e. The highest BCUT2D eigenvalue weighted by Gasteiger charge is 2.12. The lowest BCUT2D eigenvalue weighted by molar-refractivity contribution is 0.0910. The number of rotatable bonds is 4. The van der Waals surface area contributed by atoms with Crippen LogP contribution in [-0.4, -0.2) is 28.6 Å². The molecule has 0 fully saturated rings. The number of aromatic amines is 1. The van der Waals surface area contributed by atoms with Crippen molar-refractivity contribution in [1.29, 1.82) is 0 Å². The van der Waals surface area contributed by atoms with E-state index in [2.05, 4.69) is 10.3 Å². The number of nitrogen functional groups attached to an aromatic ring is 1. The van der Waals surface area contributed by atoms with Crippen LogP contribution in [0.1, 0.15) is 23.8 Å². The Morgan fingerprint density at radius 2 is 2.50 bits per heavy atom. The molecule has 1 unspecified atom stereocenters. The molecule has 1 atom stereocenters. The molecule has 0 saturated carbocycles. The van der Waals surface area contributed by atoms with E-state index >= 15 is 0 Å². The van der Waals surface area contributed by atoms with Gasteiger partial charge in [0.05, 0.1) is 12.6 Å². The number of nitrogens with two attached hydrogens (primary N) is 1. The quantitative estimate of drug-likeness (QED) is 0.551. The van der Waals surface area contributed by atoms with Gasteiger partial charge in [-0.1, -0.05) is 6.92 Å². The highest BCUT2D eigenvalue weighted by molar-refractivity contribution is 5.93. The number of hydrogen-bond acceptors (Lipinski definition) is 3. The molecule has 5 nitrogen and oxygen atoms in total. The molecule has 1 rings (SSSR count). The summed E-state index contributed by atoms with van der Waals surface area (Å²) in [5.74, 6) is -0.248. The number of carbonyl (C=O) groups excluding carboxylic acids is 1. The summed E-state index contributed by atoms with van der Waals surface area (Å²) < 4.78 is 0. The summed E-state index contributed by atoms with van der Waals surface area (Å²) >= 11 is 0. The lowest BCUT2D eigenvalue weighted by Crippen LogP contribution is -2.37. The van der Waals surface area contributed by atoms with Crippen molar-refractivity contribution < 1.29 is 9.90 Å². The maximum atomic E-state index is 11.5. The van der Waals surface area contributed by atoms with Gasteiger partial charge >= 0.3 is 0 Å². The number of hydrogen-bond donors (Lipinski definition) is 4. The van der Waals surface area contributed by atoms with Crippen LogP contribution in [0.3, 0.4) is 0 Å². The van der Waals surface area contributed by atoms with Gasteiger partial charge in [0, 0.05) is 11.9 Å². The third-order valence-electron chi connectivity index (χ3n) is 2.00. The molecule has 0 radical (unpaired) electrons. The van der Waals surface area contributed by atoms with Gasteiger partial charge in [-0.15, -0.1) is 0 Å². The number of aliphatic hydroxyl groups excluding tert-OH is 1. The third kappa shape index (κ3) is 2.50. The van der Waals surface area contributed by atoms with E-state index in [-0.39, 0.29) is 18.6 Å². The summed E-state index contributed by atoms with van der Waals surface area (Å²) in [6.07, 6.45) is 2.24. The average molecular weight is 197 g/mol. The monoisotopic (exact) mass is 197 g/mol. The van der Waals surface area contributed by atoms with Crippen molar-refractivity contribution >= 4 is 11.6 Å². The normalized spacial score (nSPS) is 12.4. The standard InChI is InChI=1S/C9H15N3O2/c1-2-7(5-13)12-9(14)8-3-6(10)4-11-8/h3-4,7,11,13H,2,5,10H2,1H3,(H,12,14). The summed E-state index contributed by atoms with van der Waals surface area (Å²) in [5.41, 5.74) is 6.38. The molecule has 1 aromatic heterocycles. The molecule has 1 amide bonds. The van der Waals surface area contributed by atoms with Crippen LogP contribution in [0.15, 0.2) is 12.3 Å². The van der Waals surface area contributed by atoms with E-state index < -0.39 is 0 Å². The van der Waals surface area contributed by atoms with Gasteiger partial charge < -0.3 is 21.1 Å². The molecule has 0 bridgehead atoms. The number of anilines is 1. The Morgan fingerprint density at radius 3 is 2.93 bits per heavy atom. The predicted octanol–water partition coefficient (Wildman–Crippen LogP) is 0.0976. The van der Waals surface area contributed by atoms with E-state index in [0.717, 1.165) is 0 Å². The highest BCUT2D eigenvalue weighted by Crippen LogP contribution is 2.04. The van der Waals surface area contributed by atoms with Crippen LogP contribution in [0.4, 0.5) is 5.69 Å². The Morgan fingerprint density at radius 1 is 1.79 bits per heavy atom. The van der Waals surface area contributed by atoms with Gasteiger partial charge in [-0.3, -0.25) is 4.79 Å². The first-order valence-corrected chi connectivity index (χ1v) is 4.53. The maximum absolute atomic E-state index is 11.5. The lowest BCUT2D eigenvalue weighted by atomic mass is 10.2. The van der Waals surface area contributed by atoms with Gasteiger partial charge in [-0.2, -0.15) is 0 Å². The first-order chi connectivity index (χ1) is 6.67. The second-order valence-electron chi connectivity index (χ2n) is 3.11. The Hall–Kier alpha value is -1.49. The zero-order valence-corrected chi connectivity index (χ0v) is 8.08. The predicted molar refractivity (Wildman–Crippen MR) is 53.8 cm³/mol. The van der Waals surface area contributed by atoms with Crippen molar-refractivity contribution in [3.05, 3.63) is 18.0 Å². The summed E-state index contributed by atoms with van der Waals surface area (Å²) in [6, 6.07) is 1.35. The molecule has 78 valence electrons. The van der Waals surface area contributed by atoms with E-state index in [0.29, 0.717) is 17.8 Å². The van der Waals surface area contributed by atoms with Crippen molar-refractivity contribution in [2.24, 2.45) is 0 Å². The number of H-pyrrole nitrogens is 1. The number of nitrogens with one attached hydrogen (secondary N) is 2. The van der Waals surface area contributed by atoms with E-state index in [1.807, 2.05) is 6.92 Å². The molecule has 0 aliphatic heterocycles. The Labute approximate surface area is 82.3 Å². The lowest BCUT2D eigenvalue weighted by Gasteiger charge is -2.12. The largest absolute Gasteiger partial charge is 0.397 e. The van der Waals surface area contributed by atoms with Crippen LogP contribution in [-0.2, 0) is 0 Å². The highest BCUT2D eigenvalue weighted by atomic mass is 16.3. The molecule has 5 heteroatoms. The Balaban J connectivity index is 2.58. The second kappa shape index (κ2) is 4.66. The van der Waals surface area contributed by atoms with Crippen LogP contribution in [0.25, 0.3) is 0 Å². The van der Waals surface area contributed by atoms with Gasteiger partial charge in [0.25, 0.3) is 5.91 Å². The van der Waals surface area contributed by atoms with Crippen LogP contribution in [0.5, 0.6) is 0 Å². The minimum absolute atomic E-state index is 0.0571. The van der Waals surface area contributed by atoms with Gasteiger partial charge in [0.2, 0.25) is 0 Å². The van der Waals surface area contributed by atoms with E-state index in [4.69, 9.17) is 10.8 Å². The van der Waals surface area contributed by atoms with Crippen LogP contribution < -0.4 is 11.1 Å². The fourth-order valence-electron chi connectivity index (χ4n) is 1.08. The molecule has 0 aromatic carbocycles. The van der Waals surface area contributed by atoms with E-state index in [9.17, 15) is 4.79 Å². The molecular formula is C9H15N3O2. The number of aromatic nitrogens is 1. The minimum atomic E-state index is -0.248. The van der Waals surface area contributed by atoms with E-state index in [1.165, 1.54) is 0 Å². The topological polar surface area (TPSA) is 91.1 Å². The van der Waals surface area contributed by atoms with Gasteiger partial charge in [0.15, 0.2) is 0 Å². The van der Waals surface area contributed by atoms with Crippen LogP contribution in [0, 0.1) is 0 Å². The molecule has 1 aromatic rings. The van der Waals surface area contributed by atoms with E-state index in [1.54, 1.807) is 12.3 Å². The first-order valence-electron chi connectivity index (χ1n) is 4.53. The van der Waals surface area contributed by atoms with Crippen molar-refractivity contribution in [2.45, 2.75) is 19.4 Å². The second-order valence-corrected chi connectivity index (χ2v) is 3.11. The fraction of sp³-hybridized carbons (Fsp3) is 0.444. The fourth-order valence-corrected chi connectivity index (χ4v) is 1.08. The van der Waals surface area contributed by atoms with Crippen LogP contribution in [0.2, 0.25) is 0 Å². The number of amides is 1. The van der Waals surface area contributed by atoms with Crippen molar-refractivity contribution in [2.75, 3.05) is 12.3 Å². The summed E-state index contributed by atoms with van der Waals surface area (Å²) in [7, 11) is 0. The zero-order valence-electron chi connectivity index (χ0n) is 8.08. The Bertz CT molecular complexity index is 305. The average Bonchev–Trinajstić information content (AvgIpc) is 2.61. The molecule has 0 aliphatic rings.